The van der Waals surface area contributed by atoms with Crippen molar-refractivity contribution in [3.8, 4) is 11.5 Å². The zero-order valence-corrected chi connectivity index (χ0v) is 12.5. The number of carbonyl (C=O) groups is 2. The van der Waals surface area contributed by atoms with Crippen molar-refractivity contribution in [3.05, 3.63) is 47.5 Å². The molecule has 0 saturated carbocycles. The Morgan fingerprint density at radius 3 is 2.26 bits per heavy atom. The Morgan fingerprint density at radius 1 is 0.957 bits per heavy atom. The molecule has 2 rings (SSSR count). The average molecular weight is 317 g/mol. The Bertz CT molecular complexity index is 756. The number of carboxylic acid groups (broad SMARTS) is 2. The third kappa shape index (κ3) is 3.34. The van der Waals surface area contributed by atoms with E-state index < -0.39 is 11.9 Å². The minimum absolute atomic E-state index is 0.143. The van der Waals surface area contributed by atoms with E-state index in [2.05, 4.69) is 5.32 Å². The second-order valence-corrected chi connectivity index (χ2v) is 4.53. The molecule has 0 fully saturated rings. The average Bonchev–Trinajstić information content (AvgIpc) is 2.54. The summed E-state index contributed by atoms with van der Waals surface area (Å²) in [6.45, 7) is 0. The molecule has 0 amide bonds. The van der Waals surface area contributed by atoms with E-state index in [0.29, 0.717) is 17.2 Å². The molecule has 0 aliphatic rings. The number of aromatic carboxylic acids is 2. The van der Waals surface area contributed by atoms with Gasteiger partial charge in [-0.05, 0) is 24.3 Å². The lowest BCUT2D eigenvalue weighted by molar-refractivity contribution is 0.0652. The monoisotopic (exact) mass is 317 g/mol. The van der Waals surface area contributed by atoms with Gasteiger partial charge in [0, 0.05) is 6.07 Å². The van der Waals surface area contributed by atoms with Crippen LogP contribution in [0.4, 0.5) is 11.4 Å². The van der Waals surface area contributed by atoms with Gasteiger partial charge in [-0.3, -0.25) is 0 Å². The Morgan fingerprint density at radius 2 is 1.70 bits per heavy atom. The summed E-state index contributed by atoms with van der Waals surface area (Å²) in [5, 5.41) is 21.4. The predicted molar refractivity (Wildman–Crippen MR) is 83.2 cm³/mol. The van der Waals surface area contributed by atoms with E-state index in [-0.39, 0.29) is 16.8 Å². The number of nitrogens with one attached hydrogen (secondary N) is 1. The SMILES string of the molecule is COc1ccc(OC)c(Nc2cccc(C(=O)O)c2C(=O)O)c1. The molecule has 0 saturated heterocycles. The second kappa shape index (κ2) is 6.69. The molecular weight excluding hydrogens is 302 g/mol. The van der Waals surface area contributed by atoms with Crippen molar-refractivity contribution in [2.45, 2.75) is 0 Å². The van der Waals surface area contributed by atoms with Crippen LogP contribution in [-0.4, -0.2) is 36.4 Å². The lowest BCUT2D eigenvalue weighted by atomic mass is 10.0. The first-order chi connectivity index (χ1) is 11.0. The zero-order chi connectivity index (χ0) is 17.0. The molecule has 0 atom stereocenters. The first-order valence-corrected chi connectivity index (χ1v) is 6.56. The van der Waals surface area contributed by atoms with Gasteiger partial charge in [0.15, 0.2) is 0 Å². The Labute approximate surface area is 132 Å². The van der Waals surface area contributed by atoms with Gasteiger partial charge < -0.3 is 25.0 Å². The lowest BCUT2D eigenvalue weighted by Gasteiger charge is -2.15. The van der Waals surface area contributed by atoms with Gasteiger partial charge in [-0.15, -0.1) is 0 Å². The topological polar surface area (TPSA) is 105 Å². The summed E-state index contributed by atoms with van der Waals surface area (Å²) in [7, 11) is 2.97. The number of anilines is 2. The molecule has 0 radical (unpaired) electrons. The molecule has 7 heteroatoms. The van der Waals surface area contributed by atoms with Crippen LogP contribution in [0.2, 0.25) is 0 Å². The molecule has 0 unspecified atom stereocenters. The summed E-state index contributed by atoms with van der Waals surface area (Å²) in [5.74, 6) is -1.65. The van der Waals surface area contributed by atoms with Crippen LogP contribution in [0.25, 0.3) is 0 Å². The second-order valence-electron chi connectivity index (χ2n) is 4.53. The van der Waals surface area contributed by atoms with Gasteiger partial charge in [0.05, 0.1) is 36.7 Å². The molecule has 0 aliphatic heterocycles. The van der Waals surface area contributed by atoms with Crippen molar-refractivity contribution in [3.63, 3.8) is 0 Å². The number of ether oxygens (including phenoxy) is 2. The van der Waals surface area contributed by atoms with Crippen LogP contribution >= 0.6 is 0 Å². The highest BCUT2D eigenvalue weighted by Gasteiger charge is 2.20. The summed E-state index contributed by atoms with van der Waals surface area (Å²) in [6, 6.07) is 9.15. The number of carboxylic acids is 2. The van der Waals surface area contributed by atoms with Crippen molar-refractivity contribution in [2.24, 2.45) is 0 Å². The fourth-order valence-electron chi connectivity index (χ4n) is 2.12. The van der Waals surface area contributed by atoms with Crippen LogP contribution in [0.1, 0.15) is 20.7 Å². The molecule has 0 aromatic heterocycles. The van der Waals surface area contributed by atoms with Crippen molar-refractivity contribution in [1.29, 1.82) is 0 Å². The maximum absolute atomic E-state index is 11.5. The smallest absolute Gasteiger partial charge is 0.338 e. The first-order valence-electron chi connectivity index (χ1n) is 6.56. The van der Waals surface area contributed by atoms with E-state index in [4.69, 9.17) is 14.6 Å². The molecule has 0 spiro atoms. The van der Waals surface area contributed by atoms with Gasteiger partial charge in [0.25, 0.3) is 0 Å². The van der Waals surface area contributed by atoms with Gasteiger partial charge in [-0.25, -0.2) is 9.59 Å². The van der Waals surface area contributed by atoms with Gasteiger partial charge in [0.2, 0.25) is 0 Å². The molecule has 2 aromatic rings. The van der Waals surface area contributed by atoms with Crippen molar-refractivity contribution in [2.75, 3.05) is 19.5 Å². The van der Waals surface area contributed by atoms with E-state index in [9.17, 15) is 14.7 Å². The molecule has 120 valence electrons. The summed E-state index contributed by atoms with van der Waals surface area (Å²) >= 11 is 0. The normalized spacial score (nSPS) is 10.0. The zero-order valence-electron chi connectivity index (χ0n) is 12.5. The van der Waals surface area contributed by atoms with Gasteiger partial charge >= 0.3 is 11.9 Å². The van der Waals surface area contributed by atoms with Gasteiger partial charge in [0.1, 0.15) is 11.5 Å². The largest absolute Gasteiger partial charge is 0.497 e. The van der Waals surface area contributed by atoms with Crippen LogP contribution in [0.3, 0.4) is 0 Å². The minimum atomic E-state index is -1.34. The first kappa shape index (κ1) is 16.2. The highest BCUT2D eigenvalue weighted by atomic mass is 16.5. The molecule has 23 heavy (non-hydrogen) atoms. The third-order valence-electron chi connectivity index (χ3n) is 3.18. The molecular formula is C16H15NO6. The molecule has 2 aromatic carbocycles. The quantitative estimate of drug-likeness (QED) is 0.752. The lowest BCUT2D eigenvalue weighted by Crippen LogP contribution is -2.11. The Kier molecular flexibility index (Phi) is 4.70. The summed E-state index contributed by atoms with van der Waals surface area (Å²) in [5.41, 5.74) is -0.0323. The minimum Gasteiger partial charge on any atom is -0.497 e. The fourth-order valence-corrected chi connectivity index (χ4v) is 2.12. The molecule has 0 bridgehead atoms. The Balaban J connectivity index is 2.54. The van der Waals surface area contributed by atoms with Crippen molar-refractivity contribution >= 4 is 23.3 Å². The van der Waals surface area contributed by atoms with E-state index in [1.807, 2.05) is 0 Å². The highest BCUT2D eigenvalue weighted by Crippen LogP contribution is 2.33. The maximum Gasteiger partial charge on any atom is 0.338 e. The van der Waals surface area contributed by atoms with Gasteiger partial charge in [-0.1, -0.05) is 6.07 Å². The van der Waals surface area contributed by atoms with Crippen molar-refractivity contribution in [1.82, 2.24) is 0 Å². The van der Waals surface area contributed by atoms with Crippen LogP contribution in [0, 0.1) is 0 Å². The van der Waals surface area contributed by atoms with E-state index in [0.717, 1.165) is 0 Å². The number of hydrogen-bond acceptors (Lipinski definition) is 5. The number of rotatable bonds is 6. The van der Waals surface area contributed by atoms with Crippen LogP contribution in [-0.2, 0) is 0 Å². The third-order valence-corrected chi connectivity index (χ3v) is 3.18. The number of benzene rings is 2. The summed E-state index contributed by atoms with van der Waals surface area (Å²) in [4.78, 5) is 22.7. The number of methoxy groups -OCH3 is 2. The molecule has 0 heterocycles. The Hall–Kier alpha value is -3.22. The standard InChI is InChI=1S/C16H15NO6/c1-22-9-6-7-13(23-2)12(8-9)17-11-5-3-4-10(15(18)19)14(11)16(20)21/h3-8,17H,1-2H3,(H,18,19)(H,20,21). The summed E-state index contributed by atoms with van der Waals surface area (Å²) in [6.07, 6.45) is 0. The van der Waals surface area contributed by atoms with Crippen LogP contribution < -0.4 is 14.8 Å². The highest BCUT2D eigenvalue weighted by molar-refractivity contribution is 6.06. The van der Waals surface area contributed by atoms with E-state index >= 15 is 0 Å². The predicted octanol–water partition coefficient (Wildman–Crippen LogP) is 2.84. The molecule has 3 N–H and O–H groups in total. The summed E-state index contributed by atoms with van der Waals surface area (Å²) < 4.78 is 10.3. The van der Waals surface area contributed by atoms with Crippen LogP contribution in [0.5, 0.6) is 11.5 Å². The molecule has 0 aliphatic carbocycles. The van der Waals surface area contributed by atoms with E-state index in [1.165, 1.54) is 32.4 Å². The van der Waals surface area contributed by atoms with E-state index in [1.54, 1.807) is 18.2 Å². The van der Waals surface area contributed by atoms with Crippen LogP contribution in [0.15, 0.2) is 36.4 Å². The van der Waals surface area contributed by atoms with Crippen molar-refractivity contribution < 1.29 is 29.3 Å². The molecule has 7 nitrogen and oxygen atoms in total. The van der Waals surface area contributed by atoms with Gasteiger partial charge in [-0.2, -0.15) is 0 Å². The fraction of sp³-hybridized carbons (Fsp3) is 0.125. The number of hydrogen-bond donors (Lipinski definition) is 3. The maximum atomic E-state index is 11.5.